The van der Waals surface area contributed by atoms with Gasteiger partial charge in [-0.15, -0.1) is 0 Å². The quantitative estimate of drug-likeness (QED) is 0.522. The van der Waals surface area contributed by atoms with Crippen LogP contribution in [0, 0.1) is 0 Å². The molecule has 28 heavy (non-hydrogen) atoms. The van der Waals surface area contributed by atoms with E-state index in [9.17, 15) is 15.0 Å². The molecule has 0 fully saturated rings. The van der Waals surface area contributed by atoms with E-state index in [0.717, 1.165) is 18.7 Å². The third-order valence-electron chi connectivity index (χ3n) is 5.02. The zero-order chi connectivity index (χ0) is 20.7. The van der Waals surface area contributed by atoms with Crippen LogP contribution in [0.2, 0.25) is 0 Å². The largest absolute Gasteiger partial charge is 0.506 e. The van der Waals surface area contributed by atoms with E-state index < -0.39 is 6.09 Å². The highest BCUT2D eigenvalue weighted by atomic mass is 16.4. The van der Waals surface area contributed by atoms with Crippen molar-refractivity contribution in [2.75, 3.05) is 28.2 Å². The molecule has 0 aliphatic carbocycles. The first-order valence-corrected chi connectivity index (χ1v) is 9.84. The van der Waals surface area contributed by atoms with E-state index in [1.54, 1.807) is 12.1 Å². The summed E-state index contributed by atoms with van der Waals surface area (Å²) in [6.45, 7) is 10.5. The number of benzene rings is 2. The highest BCUT2D eigenvalue weighted by molar-refractivity contribution is 5.87. The minimum absolute atomic E-state index is 0.0342. The van der Waals surface area contributed by atoms with Gasteiger partial charge in [0.15, 0.2) is 0 Å². The van der Waals surface area contributed by atoms with Crippen molar-refractivity contribution in [1.82, 2.24) is 0 Å². The van der Waals surface area contributed by atoms with Crippen LogP contribution in [0.15, 0.2) is 42.5 Å². The molecule has 1 amide bonds. The Bertz CT molecular complexity index is 790. The molecule has 2 rings (SSSR count). The van der Waals surface area contributed by atoms with Gasteiger partial charge in [0.2, 0.25) is 0 Å². The zero-order valence-electron chi connectivity index (χ0n) is 17.1. The Labute approximate surface area is 167 Å². The molecule has 1 atom stereocenters. The standard InChI is InChI=1S/C22H31N3O3/c1-5-16(4)25(22(27)28)19-11-12-20(21(26)14-19)23-15-17-9-8-10-18(13-17)24(6-2)7-3/h8-14,16,23,26H,5-7,15H2,1-4H3,(H,27,28)/t16-/m0/s1. The Balaban J connectivity index is 2.14. The second kappa shape index (κ2) is 9.88. The van der Waals surface area contributed by atoms with Gasteiger partial charge >= 0.3 is 6.09 Å². The number of anilines is 3. The average molecular weight is 386 g/mol. The summed E-state index contributed by atoms with van der Waals surface area (Å²) in [5.74, 6) is 0.0342. The number of phenols is 1. The van der Waals surface area contributed by atoms with Crippen molar-refractivity contribution in [2.45, 2.75) is 46.7 Å². The minimum atomic E-state index is -1.03. The van der Waals surface area contributed by atoms with Gasteiger partial charge in [-0.2, -0.15) is 0 Å². The van der Waals surface area contributed by atoms with E-state index in [4.69, 9.17) is 0 Å². The molecule has 0 unspecified atom stereocenters. The van der Waals surface area contributed by atoms with Crippen LogP contribution in [0.4, 0.5) is 21.9 Å². The Kier molecular flexibility index (Phi) is 7.55. The summed E-state index contributed by atoms with van der Waals surface area (Å²) < 4.78 is 0. The summed E-state index contributed by atoms with van der Waals surface area (Å²) in [6, 6.07) is 13.1. The highest BCUT2D eigenvalue weighted by Gasteiger charge is 2.21. The fourth-order valence-electron chi connectivity index (χ4n) is 3.20. The topological polar surface area (TPSA) is 76.0 Å². The van der Waals surface area contributed by atoms with Crippen LogP contribution in [-0.4, -0.2) is 35.4 Å². The molecule has 3 N–H and O–H groups in total. The smallest absolute Gasteiger partial charge is 0.412 e. The first kappa shape index (κ1) is 21.4. The Morgan fingerprint density at radius 2 is 1.79 bits per heavy atom. The number of carbonyl (C=O) groups is 1. The number of nitrogens with one attached hydrogen (secondary N) is 1. The highest BCUT2D eigenvalue weighted by Crippen LogP contribution is 2.31. The number of phenolic OH excluding ortho intramolecular Hbond substituents is 1. The van der Waals surface area contributed by atoms with Gasteiger partial charge in [-0.1, -0.05) is 19.1 Å². The van der Waals surface area contributed by atoms with Crippen molar-refractivity contribution in [3.63, 3.8) is 0 Å². The fraction of sp³-hybridized carbons (Fsp3) is 0.409. The fourth-order valence-corrected chi connectivity index (χ4v) is 3.20. The molecule has 2 aromatic carbocycles. The van der Waals surface area contributed by atoms with Crippen LogP contribution in [0.3, 0.4) is 0 Å². The first-order chi connectivity index (χ1) is 13.4. The van der Waals surface area contributed by atoms with Gasteiger partial charge in [-0.25, -0.2) is 4.79 Å². The van der Waals surface area contributed by atoms with Crippen molar-refractivity contribution in [3.05, 3.63) is 48.0 Å². The van der Waals surface area contributed by atoms with Crippen molar-refractivity contribution in [1.29, 1.82) is 0 Å². The lowest BCUT2D eigenvalue weighted by Crippen LogP contribution is -2.37. The Morgan fingerprint density at radius 3 is 2.36 bits per heavy atom. The van der Waals surface area contributed by atoms with E-state index in [1.807, 2.05) is 26.0 Å². The first-order valence-electron chi connectivity index (χ1n) is 9.84. The molecule has 0 saturated heterocycles. The van der Waals surface area contributed by atoms with Gasteiger partial charge in [-0.3, -0.25) is 4.90 Å². The summed E-state index contributed by atoms with van der Waals surface area (Å²) in [5, 5.41) is 23.1. The van der Waals surface area contributed by atoms with Crippen LogP contribution in [-0.2, 0) is 6.54 Å². The lowest BCUT2D eigenvalue weighted by Gasteiger charge is -2.26. The summed E-state index contributed by atoms with van der Waals surface area (Å²) >= 11 is 0. The molecule has 0 bridgehead atoms. The SMILES string of the molecule is CC[C@H](C)N(C(=O)O)c1ccc(NCc2cccc(N(CC)CC)c2)c(O)c1. The van der Waals surface area contributed by atoms with Gasteiger partial charge in [0.1, 0.15) is 5.75 Å². The van der Waals surface area contributed by atoms with E-state index >= 15 is 0 Å². The predicted octanol–water partition coefficient (Wildman–Crippen LogP) is 5.13. The second-order valence-electron chi connectivity index (χ2n) is 6.81. The summed E-state index contributed by atoms with van der Waals surface area (Å²) in [7, 11) is 0. The van der Waals surface area contributed by atoms with Gasteiger partial charge in [0.25, 0.3) is 0 Å². The van der Waals surface area contributed by atoms with E-state index in [0.29, 0.717) is 24.3 Å². The summed E-state index contributed by atoms with van der Waals surface area (Å²) in [4.78, 5) is 15.1. The Hall–Kier alpha value is -2.89. The number of rotatable bonds is 9. The lowest BCUT2D eigenvalue weighted by atomic mass is 10.1. The molecule has 0 aliphatic heterocycles. The van der Waals surface area contributed by atoms with Crippen molar-refractivity contribution in [3.8, 4) is 5.75 Å². The number of nitrogens with zero attached hydrogens (tertiary/aromatic N) is 2. The maximum Gasteiger partial charge on any atom is 0.412 e. The maximum absolute atomic E-state index is 11.6. The molecule has 6 heteroatoms. The van der Waals surface area contributed by atoms with Crippen LogP contribution in [0.5, 0.6) is 5.75 Å². The molecule has 0 saturated carbocycles. The molecule has 0 aliphatic rings. The van der Waals surface area contributed by atoms with Crippen molar-refractivity contribution < 1.29 is 15.0 Å². The third-order valence-corrected chi connectivity index (χ3v) is 5.02. The van der Waals surface area contributed by atoms with Gasteiger partial charge in [-0.05, 0) is 57.0 Å². The molecule has 0 radical (unpaired) electrons. The Morgan fingerprint density at radius 1 is 1.07 bits per heavy atom. The molecule has 2 aromatic rings. The lowest BCUT2D eigenvalue weighted by molar-refractivity contribution is 0.199. The number of amides is 1. The number of hydrogen-bond acceptors (Lipinski definition) is 4. The summed E-state index contributed by atoms with van der Waals surface area (Å²) in [5.41, 5.74) is 3.33. The second-order valence-corrected chi connectivity index (χ2v) is 6.81. The third kappa shape index (κ3) is 5.09. The molecule has 0 spiro atoms. The monoisotopic (exact) mass is 385 g/mol. The summed E-state index contributed by atoms with van der Waals surface area (Å²) in [6.07, 6.45) is -0.335. The van der Waals surface area contributed by atoms with Gasteiger partial charge < -0.3 is 20.4 Å². The van der Waals surface area contributed by atoms with E-state index in [-0.39, 0.29) is 11.8 Å². The minimum Gasteiger partial charge on any atom is -0.506 e. The van der Waals surface area contributed by atoms with E-state index in [2.05, 4.69) is 36.2 Å². The molecule has 0 heterocycles. The van der Waals surface area contributed by atoms with Crippen LogP contribution >= 0.6 is 0 Å². The molecular weight excluding hydrogens is 354 g/mol. The van der Waals surface area contributed by atoms with Crippen LogP contribution in [0.25, 0.3) is 0 Å². The zero-order valence-corrected chi connectivity index (χ0v) is 17.1. The van der Waals surface area contributed by atoms with Crippen molar-refractivity contribution >= 4 is 23.2 Å². The molecule has 152 valence electrons. The van der Waals surface area contributed by atoms with Crippen LogP contribution in [0.1, 0.15) is 39.7 Å². The van der Waals surface area contributed by atoms with Gasteiger partial charge in [0.05, 0.1) is 11.4 Å². The average Bonchev–Trinajstić information content (AvgIpc) is 2.68. The molecule has 6 nitrogen and oxygen atoms in total. The number of carboxylic acid groups (broad SMARTS) is 1. The normalized spacial score (nSPS) is 11.7. The van der Waals surface area contributed by atoms with Gasteiger partial charge in [0, 0.05) is 37.4 Å². The predicted molar refractivity (Wildman–Crippen MR) is 116 cm³/mol. The van der Waals surface area contributed by atoms with E-state index in [1.165, 1.54) is 16.7 Å². The van der Waals surface area contributed by atoms with Crippen LogP contribution < -0.4 is 15.1 Å². The number of aromatic hydroxyl groups is 1. The molecular formula is C22H31N3O3. The van der Waals surface area contributed by atoms with Crippen molar-refractivity contribution in [2.24, 2.45) is 0 Å². The number of hydrogen-bond donors (Lipinski definition) is 3. The molecule has 0 aromatic heterocycles. The maximum atomic E-state index is 11.6.